The average Bonchev–Trinajstić information content (AvgIpc) is 2.67. The van der Waals surface area contributed by atoms with E-state index in [0.717, 1.165) is 12.5 Å². The lowest BCUT2D eigenvalue weighted by Crippen LogP contribution is -2.35. The van der Waals surface area contributed by atoms with E-state index >= 15 is 0 Å². The van der Waals surface area contributed by atoms with Gasteiger partial charge in [0.15, 0.2) is 0 Å². The molecule has 0 bridgehead atoms. The second-order valence-corrected chi connectivity index (χ2v) is 6.48. The summed E-state index contributed by atoms with van der Waals surface area (Å²) in [5.74, 6) is 0.874. The maximum Gasteiger partial charge on any atom is 0.0141 e. The highest BCUT2D eigenvalue weighted by atomic mass is 32.1. The first-order chi connectivity index (χ1) is 7.63. The summed E-state index contributed by atoms with van der Waals surface area (Å²) in [4.78, 5) is 0. The maximum absolute atomic E-state index is 3.73. The maximum atomic E-state index is 3.73. The van der Waals surface area contributed by atoms with Crippen molar-refractivity contribution in [2.75, 3.05) is 6.54 Å². The molecule has 16 heavy (non-hydrogen) atoms. The van der Waals surface area contributed by atoms with Crippen LogP contribution in [0.1, 0.15) is 39.2 Å². The fraction of sp³-hybridized carbons (Fsp3) is 0.714. The Hall–Kier alpha value is -0.340. The summed E-state index contributed by atoms with van der Waals surface area (Å²) >= 11 is 1.81. The fourth-order valence-corrected chi connectivity index (χ4v) is 3.23. The minimum absolute atomic E-state index is 0.571. The van der Waals surface area contributed by atoms with Crippen LogP contribution in [0.25, 0.3) is 0 Å². The van der Waals surface area contributed by atoms with E-state index in [1.165, 1.54) is 24.8 Å². The van der Waals surface area contributed by atoms with Crippen molar-refractivity contribution in [1.29, 1.82) is 0 Å². The van der Waals surface area contributed by atoms with E-state index in [9.17, 15) is 0 Å². The highest BCUT2D eigenvalue weighted by Gasteiger charge is 2.49. The Labute approximate surface area is 103 Å². The van der Waals surface area contributed by atoms with Gasteiger partial charge in [0.25, 0.3) is 0 Å². The molecule has 1 heterocycles. The summed E-state index contributed by atoms with van der Waals surface area (Å²) in [5.41, 5.74) is 2.07. The van der Waals surface area contributed by atoms with Crippen LogP contribution in [0.4, 0.5) is 0 Å². The Bertz CT molecular complexity index is 315. The van der Waals surface area contributed by atoms with Crippen LogP contribution in [0.15, 0.2) is 16.8 Å². The van der Waals surface area contributed by atoms with Gasteiger partial charge in [0.1, 0.15) is 0 Å². The lowest BCUT2D eigenvalue weighted by atomic mass is 9.98. The first kappa shape index (κ1) is 12.1. The minimum atomic E-state index is 0.571. The van der Waals surface area contributed by atoms with Crippen molar-refractivity contribution in [3.8, 4) is 0 Å². The Kier molecular flexibility index (Phi) is 3.70. The van der Waals surface area contributed by atoms with Gasteiger partial charge in [-0.1, -0.05) is 20.8 Å². The van der Waals surface area contributed by atoms with Crippen molar-refractivity contribution < 1.29 is 0 Å². The molecule has 1 fully saturated rings. The van der Waals surface area contributed by atoms with Crippen LogP contribution in [0.5, 0.6) is 0 Å². The third kappa shape index (κ3) is 2.86. The number of thiophene rings is 1. The van der Waals surface area contributed by atoms with Gasteiger partial charge in [-0.3, -0.25) is 0 Å². The molecule has 1 aromatic heterocycles. The molecule has 0 amide bonds. The summed E-state index contributed by atoms with van der Waals surface area (Å²) in [7, 11) is 0. The zero-order chi connectivity index (χ0) is 11.6. The Morgan fingerprint density at radius 1 is 1.56 bits per heavy atom. The summed E-state index contributed by atoms with van der Waals surface area (Å²) in [6, 6.07) is 2.95. The SMILES string of the molecule is CCCNC(Cc1ccsc1)C1CC1(C)C. The highest BCUT2D eigenvalue weighted by molar-refractivity contribution is 7.07. The van der Waals surface area contributed by atoms with Crippen LogP contribution in [-0.2, 0) is 6.42 Å². The van der Waals surface area contributed by atoms with Crippen molar-refractivity contribution in [2.45, 2.75) is 46.1 Å². The Morgan fingerprint density at radius 2 is 2.31 bits per heavy atom. The van der Waals surface area contributed by atoms with Gasteiger partial charge in [0, 0.05) is 6.04 Å². The smallest absolute Gasteiger partial charge is 0.0141 e. The third-order valence-electron chi connectivity index (χ3n) is 3.77. The van der Waals surface area contributed by atoms with Gasteiger partial charge in [0.2, 0.25) is 0 Å². The second kappa shape index (κ2) is 4.89. The number of nitrogens with one attached hydrogen (secondary N) is 1. The summed E-state index contributed by atoms with van der Waals surface area (Å²) < 4.78 is 0. The molecule has 1 aliphatic carbocycles. The molecule has 1 nitrogen and oxygen atoms in total. The first-order valence-corrected chi connectivity index (χ1v) is 7.32. The molecule has 0 radical (unpaired) electrons. The molecule has 0 aromatic carbocycles. The molecule has 0 aliphatic heterocycles. The van der Waals surface area contributed by atoms with Gasteiger partial charge < -0.3 is 5.32 Å². The van der Waals surface area contributed by atoms with Crippen LogP contribution in [0.3, 0.4) is 0 Å². The van der Waals surface area contributed by atoms with Crippen LogP contribution >= 0.6 is 11.3 Å². The van der Waals surface area contributed by atoms with E-state index in [1.54, 1.807) is 0 Å². The molecule has 2 rings (SSSR count). The van der Waals surface area contributed by atoms with E-state index < -0.39 is 0 Å². The highest BCUT2D eigenvalue weighted by Crippen LogP contribution is 2.54. The molecule has 1 N–H and O–H groups in total. The molecular weight excluding hydrogens is 214 g/mol. The van der Waals surface area contributed by atoms with E-state index in [-0.39, 0.29) is 0 Å². The standard InChI is InChI=1S/C14H23NS/c1-4-6-15-13(12-9-14(12,2)3)8-11-5-7-16-10-11/h5,7,10,12-13,15H,4,6,8-9H2,1-3H3. The number of rotatable bonds is 6. The molecule has 2 unspecified atom stereocenters. The fourth-order valence-electron chi connectivity index (χ4n) is 2.54. The minimum Gasteiger partial charge on any atom is -0.313 e. The molecule has 2 heteroatoms. The molecular formula is C14H23NS. The molecule has 0 saturated heterocycles. The van der Waals surface area contributed by atoms with Gasteiger partial charge in [-0.2, -0.15) is 11.3 Å². The van der Waals surface area contributed by atoms with E-state index in [0.29, 0.717) is 11.5 Å². The Balaban J connectivity index is 1.93. The lowest BCUT2D eigenvalue weighted by molar-refractivity contribution is 0.402. The van der Waals surface area contributed by atoms with Gasteiger partial charge in [0.05, 0.1) is 0 Å². The molecule has 0 spiro atoms. The average molecular weight is 237 g/mol. The Morgan fingerprint density at radius 3 is 2.81 bits per heavy atom. The summed E-state index contributed by atoms with van der Waals surface area (Å²) in [6.45, 7) is 8.19. The molecule has 2 atom stereocenters. The molecule has 1 aliphatic rings. The van der Waals surface area contributed by atoms with Gasteiger partial charge in [-0.25, -0.2) is 0 Å². The van der Waals surface area contributed by atoms with Crippen molar-refractivity contribution in [2.24, 2.45) is 11.3 Å². The molecule has 1 aromatic rings. The second-order valence-electron chi connectivity index (χ2n) is 5.70. The van der Waals surface area contributed by atoms with E-state index in [2.05, 4.69) is 42.9 Å². The van der Waals surface area contributed by atoms with Crippen molar-refractivity contribution >= 4 is 11.3 Å². The predicted octanol–water partition coefficient (Wildman–Crippen LogP) is 3.70. The van der Waals surface area contributed by atoms with E-state index in [1.807, 2.05) is 11.3 Å². The predicted molar refractivity (Wildman–Crippen MR) is 72.0 cm³/mol. The third-order valence-corrected chi connectivity index (χ3v) is 4.50. The number of hydrogen-bond acceptors (Lipinski definition) is 2. The quantitative estimate of drug-likeness (QED) is 0.795. The zero-order valence-corrected chi connectivity index (χ0v) is 11.4. The van der Waals surface area contributed by atoms with E-state index in [4.69, 9.17) is 0 Å². The zero-order valence-electron chi connectivity index (χ0n) is 10.6. The van der Waals surface area contributed by atoms with Gasteiger partial charge >= 0.3 is 0 Å². The largest absolute Gasteiger partial charge is 0.313 e. The van der Waals surface area contributed by atoms with Crippen molar-refractivity contribution in [3.63, 3.8) is 0 Å². The van der Waals surface area contributed by atoms with Crippen molar-refractivity contribution in [1.82, 2.24) is 5.32 Å². The summed E-state index contributed by atoms with van der Waals surface area (Å²) in [6.07, 6.45) is 3.82. The molecule has 1 saturated carbocycles. The van der Waals surface area contributed by atoms with Gasteiger partial charge in [-0.15, -0.1) is 0 Å². The van der Waals surface area contributed by atoms with Crippen LogP contribution in [0, 0.1) is 11.3 Å². The van der Waals surface area contributed by atoms with Crippen LogP contribution in [-0.4, -0.2) is 12.6 Å². The van der Waals surface area contributed by atoms with Crippen LogP contribution < -0.4 is 5.32 Å². The topological polar surface area (TPSA) is 12.0 Å². The van der Waals surface area contributed by atoms with Crippen molar-refractivity contribution in [3.05, 3.63) is 22.4 Å². The lowest BCUT2D eigenvalue weighted by Gasteiger charge is -2.19. The number of hydrogen-bond donors (Lipinski definition) is 1. The molecule has 90 valence electrons. The monoisotopic (exact) mass is 237 g/mol. The normalized spacial score (nSPS) is 24.3. The van der Waals surface area contributed by atoms with Gasteiger partial charge in [-0.05, 0) is 59.5 Å². The van der Waals surface area contributed by atoms with Crippen LogP contribution in [0.2, 0.25) is 0 Å². The summed E-state index contributed by atoms with van der Waals surface area (Å²) in [5, 5.41) is 8.20. The first-order valence-electron chi connectivity index (χ1n) is 6.38.